The summed E-state index contributed by atoms with van der Waals surface area (Å²) >= 11 is 0. The molecule has 0 N–H and O–H groups in total. The van der Waals surface area contributed by atoms with Gasteiger partial charge in [0, 0.05) is 25.2 Å². The fourth-order valence-electron chi connectivity index (χ4n) is 2.74. The number of hydrogen-bond donors (Lipinski definition) is 0. The number of ether oxygens (including phenoxy) is 4. The molecule has 23 heavy (non-hydrogen) atoms. The van der Waals surface area contributed by atoms with Crippen molar-refractivity contribution in [3.05, 3.63) is 59.2 Å². The SMILES string of the molecule is COc1cc2c(cc1OC)C(C)(OC)OC(c1ccccc1)=C2. The van der Waals surface area contributed by atoms with Gasteiger partial charge in [0.1, 0.15) is 5.76 Å². The molecule has 0 fully saturated rings. The van der Waals surface area contributed by atoms with Crippen LogP contribution in [0.1, 0.15) is 23.6 Å². The molecule has 1 heterocycles. The minimum atomic E-state index is -0.894. The van der Waals surface area contributed by atoms with Crippen molar-refractivity contribution < 1.29 is 18.9 Å². The van der Waals surface area contributed by atoms with Gasteiger partial charge in [0.05, 0.1) is 14.2 Å². The largest absolute Gasteiger partial charge is 0.493 e. The molecule has 0 aliphatic carbocycles. The third kappa shape index (κ3) is 2.66. The van der Waals surface area contributed by atoms with Crippen LogP contribution in [0.15, 0.2) is 42.5 Å². The highest BCUT2D eigenvalue weighted by Gasteiger charge is 2.36. The van der Waals surface area contributed by atoms with Crippen molar-refractivity contribution in [1.82, 2.24) is 0 Å². The van der Waals surface area contributed by atoms with E-state index in [9.17, 15) is 0 Å². The van der Waals surface area contributed by atoms with E-state index in [1.165, 1.54) is 0 Å². The fraction of sp³-hybridized carbons (Fsp3) is 0.263. The van der Waals surface area contributed by atoms with Crippen LogP contribution in [0, 0.1) is 0 Å². The van der Waals surface area contributed by atoms with Crippen molar-refractivity contribution in [2.45, 2.75) is 12.7 Å². The van der Waals surface area contributed by atoms with Gasteiger partial charge in [-0.3, -0.25) is 0 Å². The molecule has 1 aliphatic heterocycles. The van der Waals surface area contributed by atoms with E-state index in [0.29, 0.717) is 11.5 Å². The van der Waals surface area contributed by atoms with Crippen LogP contribution < -0.4 is 9.47 Å². The van der Waals surface area contributed by atoms with E-state index < -0.39 is 5.79 Å². The molecule has 0 saturated heterocycles. The minimum absolute atomic E-state index is 0.648. The number of methoxy groups -OCH3 is 3. The fourth-order valence-corrected chi connectivity index (χ4v) is 2.74. The Labute approximate surface area is 136 Å². The molecular formula is C19H20O4. The Bertz CT molecular complexity index is 737. The van der Waals surface area contributed by atoms with E-state index in [0.717, 1.165) is 22.4 Å². The molecule has 2 aromatic rings. The number of hydrogen-bond acceptors (Lipinski definition) is 4. The highest BCUT2D eigenvalue weighted by atomic mass is 16.7. The molecule has 3 rings (SSSR count). The maximum absolute atomic E-state index is 6.15. The highest BCUT2D eigenvalue weighted by Crippen LogP contribution is 2.44. The van der Waals surface area contributed by atoms with Crippen LogP contribution in [0.25, 0.3) is 11.8 Å². The normalized spacial score (nSPS) is 19.4. The minimum Gasteiger partial charge on any atom is -0.493 e. The molecule has 0 aromatic heterocycles. The van der Waals surface area contributed by atoms with Crippen molar-refractivity contribution in [2.24, 2.45) is 0 Å². The third-order valence-corrected chi connectivity index (χ3v) is 4.08. The molecule has 0 bridgehead atoms. The first kappa shape index (κ1) is 15.4. The second-order valence-corrected chi connectivity index (χ2v) is 5.42. The predicted octanol–water partition coefficient (Wildman–Crippen LogP) is 4.05. The lowest BCUT2D eigenvalue weighted by Gasteiger charge is -2.35. The van der Waals surface area contributed by atoms with Crippen molar-refractivity contribution in [3.8, 4) is 11.5 Å². The first-order valence-electron chi connectivity index (χ1n) is 7.39. The lowest BCUT2D eigenvalue weighted by atomic mass is 9.95. The van der Waals surface area contributed by atoms with Crippen molar-refractivity contribution in [3.63, 3.8) is 0 Å². The van der Waals surface area contributed by atoms with Crippen LogP contribution in [0.2, 0.25) is 0 Å². The molecule has 0 spiro atoms. The number of benzene rings is 2. The summed E-state index contributed by atoms with van der Waals surface area (Å²) < 4.78 is 22.6. The van der Waals surface area contributed by atoms with Gasteiger partial charge in [0.15, 0.2) is 11.5 Å². The van der Waals surface area contributed by atoms with Gasteiger partial charge >= 0.3 is 0 Å². The van der Waals surface area contributed by atoms with E-state index in [1.807, 2.05) is 55.5 Å². The molecule has 0 saturated carbocycles. The highest BCUT2D eigenvalue weighted by molar-refractivity contribution is 5.81. The van der Waals surface area contributed by atoms with Crippen LogP contribution in [0.4, 0.5) is 0 Å². The van der Waals surface area contributed by atoms with Gasteiger partial charge < -0.3 is 18.9 Å². The van der Waals surface area contributed by atoms with E-state index in [-0.39, 0.29) is 0 Å². The third-order valence-electron chi connectivity index (χ3n) is 4.08. The van der Waals surface area contributed by atoms with Crippen molar-refractivity contribution >= 4 is 11.8 Å². The summed E-state index contributed by atoms with van der Waals surface area (Å²) in [6.45, 7) is 1.90. The summed E-state index contributed by atoms with van der Waals surface area (Å²) in [6, 6.07) is 13.8. The van der Waals surface area contributed by atoms with Gasteiger partial charge in [-0.25, -0.2) is 0 Å². The van der Waals surface area contributed by atoms with Gasteiger partial charge in [0.25, 0.3) is 0 Å². The second-order valence-electron chi connectivity index (χ2n) is 5.42. The summed E-state index contributed by atoms with van der Waals surface area (Å²) in [5, 5.41) is 0. The van der Waals surface area contributed by atoms with Gasteiger partial charge in [-0.2, -0.15) is 0 Å². The number of fused-ring (bicyclic) bond motifs is 1. The second kappa shape index (κ2) is 5.97. The quantitative estimate of drug-likeness (QED) is 0.853. The van der Waals surface area contributed by atoms with Crippen LogP contribution >= 0.6 is 0 Å². The maximum Gasteiger partial charge on any atom is 0.234 e. The molecule has 1 aliphatic rings. The first-order chi connectivity index (χ1) is 11.1. The molecule has 1 atom stereocenters. The molecule has 120 valence electrons. The van der Waals surface area contributed by atoms with E-state index in [4.69, 9.17) is 18.9 Å². The molecule has 4 heteroatoms. The zero-order chi connectivity index (χ0) is 16.4. The average Bonchev–Trinajstić information content (AvgIpc) is 2.61. The molecule has 2 aromatic carbocycles. The Kier molecular flexibility index (Phi) is 4.01. The van der Waals surface area contributed by atoms with E-state index >= 15 is 0 Å². The molecule has 0 radical (unpaired) electrons. The van der Waals surface area contributed by atoms with Crippen LogP contribution in [-0.4, -0.2) is 21.3 Å². The Hall–Kier alpha value is -2.46. The van der Waals surface area contributed by atoms with Crippen LogP contribution in [-0.2, 0) is 15.3 Å². The Morgan fingerprint density at radius 3 is 2.17 bits per heavy atom. The van der Waals surface area contributed by atoms with Crippen LogP contribution in [0.5, 0.6) is 11.5 Å². The smallest absolute Gasteiger partial charge is 0.234 e. The molecule has 4 nitrogen and oxygen atoms in total. The Morgan fingerprint density at radius 1 is 0.913 bits per heavy atom. The van der Waals surface area contributed by atoms with Gasteiger partial charge in [-0.1, -0.05) is 30.3 Å². The summed E-state index contributed by atoms with van der Waals surface area (Å²) in [4.78, 5) is 0. The lowest BCUT2D eigenvalue weighted by molar-refractivity contribution is -0.176. The number of rotatable bonds is 4. The van der Waals surface area contributed by atoms with Crippen LogP contribution in [0.3, 0.4) is 0 Å². The average molecular weight is 312 g/mol. The Morgan fingerprint density at radius 2 is 1.57 bits per heavy atom. The van der Waals surface area contributed by atoms with Gasteiger partial charge in [-0.15, -0.1) is 0 Å². The zero-order valence-electron chi connectivity index (χ0n) is 13.8. The van der Waals surface area contributed by atoms with Gasteiger partial charge in [0.2, 0.25) is 5.79 Å². The maximum atomic E-state index is 6.15. The predicted molar refractivity (Wildman–Crippen MR) is 89.3 cm³/mol. The summed E-state index contributed by atoms with van der Waals surface area (Å²) in [7, 11) is 4.87. The summed E-state index contributed by atoms with van der Waals surface area (Å²) in [5.74, 6) is 1.19. The molecule has 1 unspecified atom stereocenters. The molecular weight excluding hydrogens is 292 g/mol. The summed E-state index contributed by atoms with van der Waals surface area (Å²) in [5.41, 5.74) is 2.88. The summed E-state index contributed by atoms with van der Waals surface area (Å²) in [6.07, 6.45) is 1.99. The molecule has 0 amide bonds. The van der Waals surface area contributed by atoms with Gasteiger partial charge in [-0.05, 0) is 23.8 Å². The zero-order valence-corrected chi connectivity index (χ0v) is 13.8. The lowest BCUT2D eigenvalue weighted by Crippen LogP contribution is -2.31. The topological polar surface area (TPSA) is 36.9 Å². The van der Waals surface area contributed by atoms with Crippen molar-refractivity contribution in [1.29, 1.82) is 0 Å². The van der Waals surface area contributed by atoms with Crippen molar-refractivity contribution in [2.75, 3.05) is 21.3 Å². The standard InChI is InChI=1S/C19H20O4/c1-19(22-4)15-12-18(21-3)17(20-2)11-14(15)10-16(23-19)13-8-6-5-7-9-13/h5-12H,1-4H3. The van der Waals surface area contributed by atoms with E-state index in [2.05, 4.69) is 0 Å². The monoisotopic (exact) mass is 312 g/mol. The Balaban J connectivity index is 2.19. The van der Waals surface area contributed by atoms with E-state index in [1.54, 1.807) is 21.3 Å². The first-order valence-corrected chi connectivity index (χ1v) is 7.39.